The van der Waals surface area contributed by atoms with Crippen LogP contribution in [0.5, 0.6) is 0 Å². The van der Waals surface area contributed by atoms with Crippen molar-refractivity contribution in [3.63, 3.8) is 0 Å². The Morgan fingerprint density at radius 1 is 0.939 bits per heavy atom. The first-order valence-electron chi connectivity index (χ1n) is 11.1. The zero-order valence-electron chi connectivity index (χ0n) is 18.6. The van der Waals surface area contributed by atoms with Crippen LogP contribution in [-0.2, 0) is 10.0 Å². The summed E-state index contributed by atoms with van der Waals surface area (Å²) in [4.78, 5) is 40.0. The van der Waals surface area contributed by atoms with Crippen LogP contribution in [0.2, 0.25) is 0 Å². The summed E-state index contributed by atoms with van der Waals surface area (Å²) < 4.78 is 27.0. The first-order chi connectivity index (χ1) is 15.7. The number of fused-ring (bicyclic) bond motifs is 1. The van der Waals surface area contributed by atoms with E-state index in [1.54, 1.807) is 13.8 Å². The molecule has 1 aliphatic carbocycles. The summed E-state index contributed by atoms with van der Waals surface area (Å²) in [6, 6.07) is 10.0. The fraction of sp³-hybridized carbons (Fsp3) is 0.375. The molecular weight excluding hydrogens is 442 g/mol. The number of amides is 3. The van der Waals surface area contributed by atoms with Gasteiger partial charge in [0, 0.05) is 23.3 Å². The summed E-state index contributed by atoms with van der Waals surface area (Å²) in [5.74, 6) is -1.09. The lowest BCUT2D eigenvalue weighted by atomic mass is 9.94. The molecule has 1 saturated carbocycles. The maximum atomic E-state index is 13.0. The number of carbonyl (C=O) groups is 3. The van der Waals surface area contributed by atoms with Gasteiger partial charge in [-0.05, 0) is 69.2 Å². The van der Waals surface area contributed by atoms with E-state index < -0.39 is 15.9 Å². The molecule has 33 heavy (non-hydrogen) atoms. The summed E-state index contributed by atoms with van der Waals surface area (Å²) >= 11 is 0. The molecule has 0 spiro atoms. The monoisotopic (exact) mass is 469 g/mol. The Morgan fingerprint density at radius 3 is 2.21 bits per heavy atom. The standard InChI is InChI=1S/C24H27N3O5S/c1-15(2)26-33(31,32)19-11-9-17(10-12-19)25-22(28)16-8-13-20-21(14-16)24(30)27(23(20)29)18-6-4-3-5-7-18/h8-15,18,26H,3-7H2,1-2H3,(H,25,28). The molecule has 2 aromatic carbocycles. The summed E-state index contributed by atoms with van der Waals surface area (Å²) in [6.07, 6.45) is 4.75. The lowest BCUT2D eigenvalue weighted by Gasteiger charge is -2.29. The molecule has 0 aromatic heterocycles. The summed E-state index contributed by atoms with van der Waals surface area (Å²) in [5.41, 5.74) is 1.24. The van der Waals surface area contributed by atoms with Gasteiger partial charge in [0.2, 0.25) is 10.0 Å². The molecular formula is C24H27N3O5S. The zero-order chi connectivity index (χ0) is 23.8. The van der Waals surface area contributed by atoms with Crippen LogP contribution in [0, 0.1) is 0 Å². The van der Waals surface area contributed by atoms with E-state index in [1.807, 2.05) is 0 Å². The average molecular weight is 470 g/mol. The molecule has 0 radical (unpaired) electrons. The van der Waals surface area contributed by atoms with Gasteiger partial charge in [-0.3, -0.25) is 19.3 Å². The van der Waals surface area contributed by atoms with Crippen LogP contribution in [0.15, 0.2) is 47.4 Å². The average Bonchev–Trinajstić information content (AvgIpc) is 3.03. The van der Waals surface area contributed by atoms with Crippen LogP contribution in [-0.4, -0.2) is 43.1 Å². The first-order valence-corrected chi connectivity index (χ1v) is 12.6. The Balaban J connectivity index is 1.49. The van der Waals surface area contributed by atoms with Crippen molar-refractivity contribution in [2.75, 3.05) is 5.32 Å². The molecule has 9 heteroatoms. The van der Waals surface area contributed by atoms with Crippen LogP contribution in [0.25, 0.3) is 0 Å². The molecule has 3 amide bonds. The number of benzene rings is 2. The highest BCUT2D eigenvalue weighted by atomic mass is 32.2. The van der Waals surface area contributed by atoms with E-state index in [0.29, 0.717) is 11.3 Å². The van der Waals surface area contributed by atoms with Gasteiger partial charge >= 0.3 is 0 Å². The largest absolute Gasteiger partial charge is 0.322 e. The normalized spacial score (nSPS) is 16.9. The molecule has 0 bridgehead atoms. The van der Waals surface area contributed by atoms with Crippen molar-refractivity contribution in [3.8, 4) is 0 Å². The number of sulfonamides is 1. The number of anilines is 1. The van der Waals surface area contributed by atoms with Crippen molar-refractivity contribution in [1.82, 2.24) is 9.62 Å². The second kappa shape index (κ2) is 9.07. The molecule has 1 fully saturated rings. The highest BCUT2D eigenvalue weighted by Crippen LogP contribution is 2.31. The predicted molar refractivity (Wildman–Crippen MR) is 124 cm³/mol. The maximum Gasteiger partial charge on any atom is 0.261 e. The Morgan fingerprint density at radius 2 is 1.58 bits per heavy atom. The highest BCUT2D eigenvalue weighted by molar-refractivity contribution is 7.89. The quantitative estimate of drug-likeness (QED) is 0.628. The molecule has 0 saturated heterocycles. The minimum absolute atomic E-state index is 0.0802. The fourth-order valence-corrected chi connectivity index (χ4v) is 5.62. The Hall–Kier alpha value is -3.04. The van der Waals surface area contributed by atoms with Gasteiger partial charge in [-0.15, -0.1) is 0 Å². The fourth-order valence-electron chi connectivity index (χ4n) is 4.37. The van der Waals surface area contributed by atoms with Gasteiger partial charge in [-0.1, -0.05) is 19.3 Å². The third-order valence-electron chi connectivity index (χ3n) is 5.93. The lowest BCUT2D eigenvalue weighted by Crippen LogP contribution is -2.40. The number of hydrogen-bond acceptors (Lipinski definition) is 5. The molecule has 0 atom stereocenters. The van der Waals surface area contributed by atoms with Gasteiger partial charge < -0.3 is 5.32 Å². The zero-order valence-corrected chi connectivity index (χ0v) is 19.4. The maximum absolute atomic E-state index is 13.0. The molecule has 1 aliphatic heterocycles. The molecule has 8 nitrogen and oxygen atoms in total. The van der Waals surface area contributed by atoms with Crippen molar-refractivity contribution < 1.29 is 22.8 Å². The third-order valence-corrected chi connectivity index (χ3v) is 7.61. The van der Waals surface area contributed by atoms with E-state index in [1.165, 1.54) is 47.4 Å². The number of hydrogen-bond donors (Lipinski definition) is 2. The van der Waals surface area contributed by atoms with Crippen molar-refractivity contribution in [2.24, 2.45) is 0 Å². The lowest BCUT2D eigenvalue weighted by molar-refractivity contribution is 0.0548. The summed E-state index contributed by atoms with van der Waals surface area (Å²) in [7, 11) is -3.63. The van der Waals surface area contributed by atoms with Crippen molar-refractivity contribution >= 4 is 33.4 Å². The first kappa shape index (κ1) is 23.1. The van der Waals surface area contributed by atoms with E-state index >= 15 is 0 Å². The smallest absolute Gasteiger partial charge is 0.261 e. The van der Waals surface area contributed by atoms with E-state index in [2.05, 4.69) is 10.0 Å². The minimum atomic E-state index is -3.63. The van der Waals surface area contributed by atoms with E-state index in [4.69, 9.17) is 0 Å². The van der Waals surface area contributed by atoms with Gasteiger partial charge in [-0.25, -0.2) is 13.1 Å². The van der Waals surface area contributed by atoms with Crippen LogP contribution in [0.3, 0.4) is 0 Å². The van der Waals surface area contributed by atoms with Crippen LogP contribution < -0.4 is 10.0 Å². The summed E-state index contributed by atoms with van der Waals surface area (Å²) in [5, 5.41) is 2.71. The number of nitrogens with zero attached hydrogens (tertiary/aromatic N) is 1. The minimum Gasteiger partial charge on any atom is -0.322 e. The molecule has 4 rings (SSSR count). The Kier molecular flexibility index (Phi) is 6.36. The van der Waals surface area contributed by atoms with Gasteiger partial charge in [0.05, 0.1) is 16.0 Å². The Bertz CT molecular complexity index is 1200. The number of carbonyl (C=O) groups excluding carboxylic acids is 3. The van der Waals surface area contributed by atoms with Gasteiger partial charge in [0.15, 0.2) is 0 Å². The van der Waals surface area contributed by atoms with Crippen LogP contribution in [0.4, 0.5) is 5.69 Å². The third kappa shape index (κ3) is 4.69. The second-order valence-corrected chi connectivity index (χ2v) is 10.5. The van der Waals surface area contributed by atoms with E-state index in [0.717, 1.165) is 32.1 Å². The van der Waals surface area contributed by atoms with Crippen molar-refractivity contribution in [1.29, 1.82) is 0 Å². The number of rotatable bonds is 6. The number of imide groups is 1. The predicted octanol–water partition coefficient (Wildman–Crippen LogP) is 3.55. The molecule has 174 valence electrons. The topological polar surface area (TPSA) is 113 Å². The number of nitrogens with one attached hydrogen (secondary N) is 2. The van der Waals surface area contributed by atoms with Gasteiger partial charge in [0.1, 0.15) is 0 Å². The van der Waals surface area contributed by atoms with Crippen LogP contribution in [0.1, 0.15) is 77.0 Å². The molecule has 2 aromatic rings. The highest BCUT2D eigenvalue weighted by Gasteiger charge is 2.40. The molecule has 2 aliphatic rings. The molecule has 0 unspecified atom stereocenters. The molecule has 2 N–H and O–H groups in total. The SMILES string of the molecule is CC(C)NS(=O)(=O)c1ccc(NC(=O)c2ccc3c(c2)C(=O)N(C2CCCCC2)C3=O)cc1. The van der Waals surface area contributed by atoms with Crippen LogP contribution >= 0.6 is 0 Å². The Labute approximate surface area is 193 Å². The van der Waals surface area contributed by atoms with E-state index in [9.17, 15) is 22.8 Å². The van der Waals surface area contributed by atoms with Gasteiger partial charge in [-0.2, -0.15) is 0 Å². The van der Waals surface area contributed by atoms with Crippen molar-refractivity contribution in [3.05, 3.63) is 59.2 Å². The van der Waals surface area contributed by atoms with Crippen molar-refractivity contribution in [2.45, 2.75) is 62.9 Å². The van der Waals surface area contributed by atoms with Gasteiger partial charge in [0.25, 0.3) is 17.7 Å². The summed E-state index contributed by atoms with van der Waals surface area (Å²) in [6.45, 7) is 3.46. The van der Waals surface area contributed by atoms with E-state index in [-0.39, 0.29) is 39.9 Å². The molecule has 1 heterocycles. The second-order valence-electron chi connectivity index (χ2n) is 8.79.